The van der Waals surface area contributed by atoms with Gasteiger partial charge in [-0.2, -0.15) is 4.31 Å². The number of aromatic nitrogens is 1. The van der Waals surface area contributed by atoms with Crippen molar-refractivity contribution in [2.75, 3.05) is 6.54 Å². The molecule has 0 spiro atoms. The Labute approximate surface area is 105 Å². The first kappa shape index (κ1) is 13.0. The summed E-state index contributed by atoms with van der Waals surface area (Å²) in [6, 6.07) is 1.10. The lowest BCUT2D eigenvalue weighted by atomic mass is 10.3. The third kappa shape index (κ3) is 2.11. The van der Waals surface area contributed by atoms with Crippen LogP contribution in [0, 0.1) is 0 Å². The average molecular weight is 270 g/mol. The molecule has 7 heteroatoms. The minimum atomic E-state index is -3.77. The molecule has 0 saturated carbocycles. The highest BCUT2D eigenvalue weighted by Crippen LogP contribution is 2.27. The van der Waals surface area contributed by atoms with Crippen LogP contribution < -0.4 is 0 Å². The summed E-state index contributed by atoms with van der Waals surface area (Å²) >= 11 is 0. The zero-order valence-corrected chi connectivity index (χ0v) is 10.7. The number of rotatable bonds is 3. The Morgan fingerprint density at radius 2 is 2.28 bits per heavy atom. The summed E-state index contributed by atoms with van der Waals surface area (Å²) in [6.07, 6.45) is 3.96. The molecule has 1 N–H and O–H groups in total. The van der Waals surface area contributed by atoms with E-state index >= 15 is 0 Å². The van der Waals surface area contributed by atoms with Crippen molar-refractivity contribution in [1.82, 2.24) is 9.29 Å². The van der Waals surface area contributed by atoms with E-state index in [1.165, 1.54) is 16.6 Å². The third-order valence-corrected chi connectivity index (χ3v) is 5.13. The second kappa shape index (κ2) is 4.66. The van der Waals surface area contributed by atoms with Crippen LogP contribution in [0.1, 0.15) is 30.1 Å². The topological polar surface area (TPSA) is 87.6 Å². The quantitative estimate of drug-likeness (QED) is 0.883. The van der Waals surface area contributed by atoms with E-state index in [1.54, 1.807) is 0 Å². The molecule has 0 aliphatic carbocycles. The molecule has 0 aromatic carbocycles. The molecule has 0 radical (unpaired) electrons. The van der Waals surface area contributed by atoms with E-state index in [2.05, 4.69) is 4.98 Å². The van der Waals surface area contributed by atoms with Gasteiger partial charge in [0.25, 0.3) is 0 Å². The van der Waals surface area contributed by atoms with Gasteiger partial charge in [0, 0.05) is 25.0 Å². The number of aromatic carboxylic acids is 1. The molecule has 1 saturated heterocycles. The van der Waals surface area contributed by atoms with E-state index in [9.17, 15) is 13.2 Å². The van der Waals surface area contributed by atoms with Crippen molar-refractivity contribution in [1.29, 1.82) is 0 Å². The number of carboxylic acids is 1. The Hall–Kier alpha value is -1.47. The highest BCUT2D eigenvalue weighted by Gasteiger charge is 2.35. The van der Waals surface area contributed by atoms with E-state index in [4.69, 9.17) is 5.11 Å². The summed E-state index contributed by atoms with van der Waals surface area (Å²) in [6.45, 7) is 2.25. The molecule has 1 atom stereocenters. The summed E-state index contributed by atoms with van der Waals surface area (Å²) in [5, 5.41) is 9.03. The highest BCUT2D eigenvalue weighted by molar-refractivity contribution is 7.89. The first-order chi connectivity index (χ1) is 8.44. The van der Waals surface area contributed by atoms with Crippen molar-refractivity contribution in [2.45, 2.75) is 30.7 Å². The van der Waals surface area contributed by atoms with Crippen molar-refractivity contribution < 1.29 is 18.3 Å². The van der Waals surface area contributed by atoms with Gasteiger partial charge in [0.05, 0.1) is 5.56 Å². The van der Waals surface area contributed by atoms with Crippen LogP contribution in [0.4, 0.5) is 0 Å². The maximum absolute atomic E-state index is 12.4. The average Bonchev–Trinajstić information content (AvgIpc) is 2.76. The number of sulfonamides is 1. The molecule has 6 nitrogen and oxygen atoms in total. The van der Waals surface area contributed by atoms with Crippen molar-refractivity contribution >= 4 is 16.0 Å². The Bertz CT molecular complexity index is 570. The normalized spacial score (nSPS) is 21.1. The summed E-state index contributed by atoms with van der Waals surface area (Å²) in [7, 11) is -3.77. The predicted molar refractivity (Wildman–Crippen MR) is 63.8 cm³/mol. The largest absolute Gasteiger partial charge is 0.478 e. The number of carboxylic acid groups (broad SMARTS) is 1. The van der Waals surface area contributed by atoms with E-state index in [1.807, 2.05) is 6.92 Å². The van der Waals surface area contributed by atoms with Gasteiger partial charge in [-0.1, -0.05) is 0 Å². The lowest BCUT2D eigenvalue weighted by Crippen LogP contribution is -2.34. The van der Waals surface area contributed by atoms with Crippen LogP contribution in [0.5, 0.6) is 0 Å². The van der Waals surface area contributed by atoms with Gasteiger partial charge in [0.2, 0.25) is 10.0 Å². The lowest BCUT2D eigenvalue weighted by Gasteiger charge is -2.21. The molecule has 1 aliphatic rings. The van der Waals surface area contributed by atoms with Gasteiger partial charge >= 0.3 is 5.97 Å². The number of hydrogen-bond donors (Lipinski definition) is 1. The number of hydrogen-bond acceptors (Lipinski definition) is 4. The molecule has 1 aliphatic heterocycles. The van der Waals surface area contributed by atoms with Gasteiger partial charge in [0.15, 0.2) is 0 Å². The highest BCUT2D eigenvalue weighted by atomic mass is 32.2. The van der Waals surface area contributed by atoms with Crippen LogP contribution in [0.3, 0.4) is 0 Å². The van der Waals surface area contributed by atoms with E-state index in [0.29, 0.717) is 6.54 Å². The predicted octanol–water partition coefficient (Wildman–Crippen LogP) is 0.953. The van der Waals surface area contributed by atoms with Gasteiger partial charge in [0.1, 0.15) is 4.90 Å². The van der Waals surface area contributed by atoms with E-state index < -0.39 is 16.0 Å². The maximum Gasteiger partial charge on any atom is 0.337 e. The number of nitrogens with zero attached hydrogens (tertiary/aromatic N) is 2. The van der Waals surface area contributed by atoms with Crippen LogP contribution in [0.15, 0.2) is 23.4 Å². The van der Waals surface area contributed by atoms with Gasteiger partial charge in [-0.15, -0.1) is 0 Å². The molecule has 98 valence electrons. The molecule has 1 unspecified atom stereocenters. The maximum atomic E-state index is 12.4. The van der Waals surface area contributed by atoms with E-state index in [-0.39, 0.29) is 16.5 Å². The molecule has 1 fully saturated rings. The zero-order valence-electron chi connectivity index (χ0n) is 9.91. The first-order valence-corrected chi connectivity index (χ1v) is 7.07. The third-order valence-electron chi connectivity index (χ3n) is 3.09. The van der Waals surface area contributed by atoms with Crippen LogP contribution in [-0.2, 0) is 10.0 Å². The molecule has 0 bridgehead atoms. The smallest absolute Gasteiger partial charge is 0.337 e. The van der Waals surface area contributed by atoms with Crippen molar-refractivity contribution in [3.8, 4) is 0 Å². The SMILES string of the molecule is CC1CCCN1S(=O)(=O)c1cnccc1C(=O)O. The van der Waals surface area contributed by atoms with Crippen molar-refractivity contribution in [3.05, 3.63) is 24.0 Å². The van der Waals surface area contributed by atoms with Gasteiger partial charge in [-0.05, 0) is 25.8 Å². The van der Waals surface area contributed by atoms with Crippen LogP contribution in [-0.4, -0.2) is 41.4 Å². The van der Waals surface area contributed by atoms with Crippen LogP contribution in [0.25, 0.3) is 0 Å². The minimum absolute atomic E-state index is 0.100. The molecule has 0 amide bonds. The number of carbonyl (C=O) groups is 1. The van der Waals surface area contributed by atoms with Crippen molar-refractivity contribution in [2.24, 2.45) is 0 Å². The fraction of sp³-hybridized carbons (Fsp3) is 0.455. The Morgan fingerprint density at radius 3 is 2.83 bits per heavy atom. The molecule has 2 rings (SSSR count). The van der Waals surface area contributed by atoms with Gasteiger partial charge in [-0.25, -0.2) is 13.2 Å². The van der Waals surface area contributed by atoms with Crippen molar-refractivity contribution in [3.63, 3.8) is 0 Å². The Kier molecular flexibility index (Phi) is 3.36. The molecule has 2 heterocycles. The van der Waals surface area contributed by atoms with Gasteiger partial charge < -0.3 is 5.11 Å². The van der Waals surface area contributed by atoms with Crippen LogP contribution >= 0.6 is 0 Å². The number of pyridine rings is 1. The zero-order chi connectivity index (χ0) is 13.3. The van der Waals surface area contributed by atoms with Gasteiger partial charge in [-0.3, -0.25) is 4.98 Å². The second-order valence-corrected chi connectivity index (χ2v) is 6.14. The first-order valence-electron chi connectivity index (χ1n) is 5.63. The summed E-state index contributed by atoms with van der Waals surface area (Å²) in [5.41, 5.74) is -0.232. The standard InChI is InChI=1S/C11H14N2O4S/c1-8-3-2-6-13(8)18(16,17)10-7-12-5-4-9(10)11(14)15/h4-5,7-8H,2-3,6H2,1H3,(H,14,15). The fourth-order valence-electron chi connectivity index (χ4n) is 2.15. The van der Waals surface area contributed by atoms with Crippen LogP contribution in [0.2, 0.25) is 0 Å². The molecule has 1 aromatic heterocycles. The molecular formula is C11H14N2O4S. The summed E-state index contributed by atoms with van der Waals surface area (Å²) in [4.78, 5) is 14.5. The summed E-state index contributed by atoms with van der Waals surface area (Å²) < 4.78 is 26.1. The molecule has 1 aromatic rings. The second-order valence-electron chi connectivity index (χ2n) is 4.28. The Morgan fingerprint density at radius 1 is 1.56 bits per heavy atom. The minimum Gasteiger partial charge on any atom is -0.478 e. The monoisotopic (exact) mass is 270 g/mol. The lowest BCUT2D eigenvalue weighted by molar-refractivity contribution is 0.0692. The summed E-state index contributed by atoms with van der Waals surface area (Å²) in [5.74, 6) is -1.26. The fourth-order valence-corrected chi connectivity index (χ4v) is 3.98. The Balaban J connectivity index is 2.51. The molecular weight excluding hydrogens is 256 g/mol. The molecule has 18 heavy (non-hydrogen) atoms. The van der Waals surface area contributed by atoms with E-state index in [0.717, 1.165) is 19.0 Å².